The van der Waals surface area contributed by atoms with E-state index in [1.807, 2.05) is 0 Å². The van der Waals surface area contributed by atoms with E-state index in [4.69, 9.17) is 11.6 Å². The molecule has 5 nitrogen and oxygen atoms in total. The Morgan fingerprint density at radius 3 is 2.65 bits per heavy atom. The summed E-state index contributed by atoms with van der Waals surface area (Å²) in [5.41, 5.74) is 0. The quantitative estimate of drug-likeness (QED) is 0.768. The highest BCUT2D eigenvalue weighted by Gasteiger charge is 2.25. The third kappa shape index (κ3) is 3.09. The predicted octanol–water partition coefficient (Wildman–Crippen LogP) is 1.26. The van der Waals surface area contributed by atoms with Crippen LogP contribution < -0.4 is 0 Å². The average molecular weight is 294 g/mol. The number of thioether (sulfide) groups is 1. The van der Waals surface area contributed by atoms with Crippen molar-refractivity contribution in [2.45, 2.75) is 11.3 Å². The third-order valence-corrected chi connectivity index (χ3v) is 5.51. The molecule has 0 N–H and O–H groups in total. The molecule has 1 saturated heterocycles. The predicted molar refractivity (Wildman–Crippen MR) is 67.7 cm³/mol. The number of nitrogens with zero attached hydrogens (tertiary/aromatic N) is 3. The molecule has 94 valence electrons. The summed E-state index contributed by atoms with van der Waals surface area (Å²) in [4.78, 5) is 7.52. The van der Waals surface area contributed by atoms with Crippen molar-refractivity contribution in [3.05, 3.63) is 17.7 Å². The zero-order valence-corrected chi connectivity index (χ0v) is 11.4. The molecule has 1 aromatic rings. The summed E-state index contributed by atoms with van der Waals surface area (Å²) in [5.74, 6) is 1.83. The summed E-state index contributed by atoms with van der Waals surface area (Å²) in [5, 5.41) is 0.0513. The van der Waals surface area contributed by atoms with Gasteiger partial charge in [0, 0.05) is 18.8 Å². The first-order valence-corrected chi connectivity index (χ1v) is 8.13. The molecule has 1 aliphatic rings. The standard InChI is InChI=1S/C9H12ClN3O2S2/c10-9-11-6-8(7-12-9)17(14,15)13-2-1-4-16-5-3-13/h6-7H,1-5H2. The number of sulfonamides is 1. The molecule has 8 heteroatoms. The molecule has 1 fully saturated rings. The van der Waals surface area contributed by atoms with Gasteiger partial charge >= 0.3 is 0 Å². The van der Waals surface area contributed by atoms with Crippen molar-refractivity contribution >= 4 is 33.4 Å². The minimum atomic E-state index is -3.47. The number of rotatable bonds is 2. The number of halogens is 1. The summed E-state index contributed by atoms with van der Waals surface area (Å²) in [6, 6.07) is 0. The molecule has 2 rings (SSSR count). The van der Waals surface area contributed by atoms with Crippen LogP contribution in [0.2, 0.25) is 5.28 Å². The SMILES string of the molecule is O=S(=O)(c1cnc(Cl)nc1)N1CCCSCC1. The van der Waals surface area contributed by atoms with E-state index < -0.39 is 10.0 Å². The van der Waals surface area contributed by atoms with Crippen LogP contribution >= 0.6 is 23.4 Å². The Labute approximate surface area is 110 Å². The minimum Gasteiger partial charge on any atom is -0.225 e. The van der Waals surface area contributed by atoms with Gasteiger partial charge in [0.2, 0.25) is 15.3 Å². The third-order valence-electron chi connectivity index (χ3n) is 2.42. The van der Waals surface area contributed by atoms with Crippen molar-refractivity contribution in [2.24, 2.45) is 0 Å². The molecule has 0 unspecified atom stereocenters. The van der Waals surface area contributed by atoms with E-state index in [0.717, 1.165) is 17.9 Å². The van der Waals surface area contributed by atoms with Crippen LogP contribution in [-0.2, 0) is 10.0 Å². The monoisotopic (exact) mass is 293 g/mol. The average Bonchev–Trinajstić information content (AvgIpc) is 2.58. The molecule has 0 saturated carbocycles. The van der Waals surface area contributed by atoms with E-state index in [9.17, 15) is 8.42 Å². The molecule has 0 bridgehead atoms. The van der Waals surface area contributed by atoms with Gasteiger partial charge < -0.3 is 0 Å². The smallest absolute Gasteiger partial charge is 0.225 e. The molecule has 0 spiro atoms. The lowest BCUT2D eigenvalue weighted by Gasteiger charge is -2.18. The van der Waals surface area contributed by atoms with Crippen molar-refractivity contribution in [1.82, 2.24) is 14.3 Å². The fourth-order valence-electron chi connectivity index (χ4n) is 1.55. The van der Waals surface area contributed by atoms with Crippen LogP contribution in [0.4, 0.5) is 0 Å². The van der Waals surface area contributed by atoms with E-state index in [-0.39, 0.29) is 10.2 Å². The van der Waals surface area contributed by atoms with Gasteiger partial charge in [-0.2, -0.15) is 16.1 Å². The Morgan fingerprint density at radius 2 is 1.94 bits per heavy atom. The van der Waals surface area contributed by atoms with Gasteiger partial charge in [0.05, 0.1) is 12.4 Å². The molecular weight excluding hydrogens is 282 g/mol. The molecule has 1 aromatic heterocycles. The van der Waals surface area contributed by atoms with Crippen LogP contribution in [0.25, 0.3) is 0 Å². The lowest BCUT2D eigenvalue weighted by Crippen LogP contribution is -2.33. The highest BCUT2D eigenvalue weighted by molar-refractivity contribution is 7.99. The van der Waals surface area contributed by atoms with Crippen molar-refractivity contribution in [3.8, 4) is 0 Å². The normalized spacial score (nSPS) is 18.9. The van der Waals surface area contributed by atoms with Crippen LogP contribution in [0.3, 0.4) is 0 Å². The summed E-state index contributed by atoms with van der Waals surface area (Å²) in [6.07, 6.45) is 3.38. The van der Waals surface area contributed by atoms with E-state index >= 15 is 0 Å². The maximum absolute atomic E-state index is 12.2. The number of hydrogen-bond donors (Lipinski definition) is 0. The first kappa shape index (κ1) is 13.1. The summed E-state index contributed by atoms with van der Waals surface area (Å²) < 4.78 is 26.0. The number of aromatic nitrogens is 2. The first-order chi connectivity index (χ1) is 8.10. The second-order valence-electron chi connectivity index (χ2n) is 3.56. The van der Waals surface area contributed by atoms with Crippen molar-refractivity contribution < 1.29 is 8.42 Å². The van der Waals surface area contributed by atoms with E-state index in [1.165, 1.54) is 16.7 Å². The van der Waals surface area contributed by atoms with E-state index in [0.29, 0.717) is 13.1 Å². The van der Waals surface area contributed by atoms with Crippen molar-refractivity contribution in [3.63, 3.8) is 0 Å². The molecule has 0 radical (unpaired) electrons. The van der Waals surface area contributed by atoms with Crippen LogP contribution in [0.1, 0.15) is 6.42 Å². The topological polar surface area (TPSA) is 63.2 Å². The largest absolute Gasteiger partial charge is 0.246 e. The van der Waals surface area contributed by atoms with Crippen molar-refractivity contribution in [1.29, 1.82) is 0 Å². The molecular formula is C9H12ClN3O2S2. The van der Waals surface area contributed by atoms with Crippen LogP contribution in [0.15, 0.2) is 17.3 Å². The van der Waals surface area contributed by atoms with Gasteiger partial charge in [-0.05, 0) is 23.8 Å². The van der Waals surface area contributed by atoms with Crippen molar-refractivity contribution in [2.75, 3.05) is 24.6 Å². The maximum atomic E-state index is 12.2. The Hall–Kier alpha value is -0.370. The summed E-state index contributed by atoms with van der Waals surface area (Å²) in [7, 11) is -3.47. The van der Waals surface area contributed by atoms with Gasteiger partial charge in [0.15, 0.2) is 0 Å². The maximum Gasteiger partial charge on any atom is 0.246 e. The van der Waals surface area contributed by atoms with Gasteiger partial charge in [-0.3, -0.25) is 0 Å². The first-order valence-electron chi connectivity index (χ1n) is 5.16. The van der Waals surface area contributed by atoms with Gasteiger partial charge in [0.1, 0.15) is 4.90 Å². The van der Waals surface area contributed by atoms with Crippen LogP contribution in [0, 0.1) is 0 Å². The lowest BCUT2D eigenvalue weighted by atomic mass is 10.5. The van der Waals surface area contributed by atoms with E-state index in [1.54, 1.807) is 11.8 Å². The zero-order chi connectivity index (χ0) is 12.3. The Morgan fingerprint density at radius 1 is 1.24 bits per heavy atom. The van der Waals surface area contributed by atoms with Crippen LogP contribution in [0.5, 0.6) is 0 Å². The van der Waals surface area contributed by atoms with Gasteiger partial charge in [-0.1, -0.05) is 0 Å². The molecule has 0 atom stereocenters. The molecule has 1 aliphatic heterocycles. The zero-order valence-electron chi connectivity index (χ0n) is 9.04. The fraction of sp³-hybridized carbons (Fsp3) is 0.556. The molecule has 0 amide bonds. The Bertz CT molecular complexity index is 470. The highest BCUT2D eigenvalue weighted by atomic mass is 35.5. The lowest BCUT2D eigenvalue weighted by molar-refractivity contribution is 0.434. The van der Waals surface area contributed by atoms with Gasteiger partial charge in [-0.25, -0.2) is 18.4 Å². The number of hydrogen-bond acceptors (Lipinski definition) is 5. The second kappa shape index (κ2) is 5.51. The Kier molecular flexibility index (Phi) is 4.24. The van der Waals surface area contributed by atoms with Gasteiger partial charge in [-0.15, -0.1) is 0 Å². The Balaban J connectivity index is 2.25. The minimum absolute atomic E-state index is 0.0513. The molecule has 0 aliphatic carbocycles. The van der Waals surface area contributed by atoms with E-state index in [2.05, 4.69) is 9.97 Å². The second-order valence-corrected chi connectivity index (χ2v) is 7.06. The van der Waals surface area contributed by atoms with Crippen LogP contribution in [-0.4, -0.2) is 47.3 Å². The summed E-state index contributed by atoms with van der Waals surface area (Å²) >= 11 is 7.31. The van der Waals surface area contributed by atoms with Gasteiger partial charge in [0.25, 0.3) is 0 Å². The molecule has 2 heterocycles. The fourth-order valence-corrected chi connectivity index (χ4v) is 4.02. The summed E-state index contributed by atoms with van der Waals surface area (Å²) in [6.45, 7) is 1.09. The molecule has 17 heavy (non-hydrogen) atoms. The molecule has 0 aromatic carbocycles. The highest BCUT2D eigenvalue weighted by Crippen LogP contribution is 2.19.